The molecule has 5 heteroatoms. The first-order chi connectivity index (χ1) is 11.5. The molecule has 0 aliphatic rings. The zero-order valence-electron chi connectivity index (χ0n) is 15.1. The molecule has 0 radical (unpaired) electrons. The van der Waals surface area contributed by atoms with E-state index in [1.165, 1.54) is 38.5 Å². The van der Waals surface area contributed by atoms with Gasteiger partial charge in [0.1, 0.15) is 0 Å². The molecule has 0 heterocycles. The van der Waals surface area contributed by atoms with Crippen LogP contribution in [0.1, 0.15) is 70.3 Å². The van der Waals surface area contributed by atoms with Crippen molar-refractivity contribution >= 4 is 21.6 Å². The van der Waals surface area contributed by atoms with Gasteiger partial charge in [-0.1, -0.05) is 76.0 Å². The normalized spacial score (nSPS) is 13.1. The van der Waals surface area contributed by atoms with Crippen LogP contribution < -0.4 is 4.72 Å². The van der Waals surface area contributed by atoms with Gasteiger partial charge in [-0.2, -0.15) is 0 Å². The van der Waals surface area contributed by atoms with Gasteiger partial charge in [0.05, 0.1) is 4.90 Å². The summed E-state index contributed by atoms with van der Waals surface area (Å²) in [5.41, 5.74) is 1.04. The van der Waals surface area contributed by atoms with Crippen LogP contribution in [0.3, 0.4) is 0 Å². The lowest BCUT2D eigenvalue weighted by molar-refractivity contribution is 0.513. The fraction of sp³-hybridized carbons (Fsp3) is 0.684. The Morgan fingerprint density at radius 2 is 1.50 bits per heavy atom. The minimum atomic E-state index is -3.48. The molecular formula is C19H32ClNO2S. The number of alkyl halides is 1. The fourth-order valence-corrected chi connectivity index (χ4v) is 4.29. The molecule has 1 unspecified atom stereocenters. The van der Waals surface area contributed by atoms with Crippen LogP contribution in [0.15, 0.2) is 29.2 Å². The van der Waals surface area contributed by atoms with Crippen molar-refractivity contribution in [2.24, 2.45) is 0 Å². The summed E-state index contributed by atoms with van der Waals surface area (Å²) in [7, 11) is -3.48. The maximum atomic E-state index is 12.4. The summed E-state index contributed by atoms with van der Waals surface area (Å²) in [6, 6.07) is 6.70. The van der Waals surface area contributed by atoms with Gasteiger partial charge < -0.3 is 0 Å². The minimum absolute atomic E-state index is 0.196. The molecule has 0 amide bonds. The van der Waals surface area contributed by atoms with Crippen molar-refractivity contribution in [3.05, 3.63) is 29.8 Å². The van der Waals surface area contributed by atoms with Crippen LogP contribution in [0, 0.1) is 6.92 Å². The van der Waals surface area contributed by atoms with Gasteiger partial charge in [-0.3, -0.25) is 0 Å². The highest BCUT2D eigenvalue weighted by Gasteiger charge is 2.19. The molecule has 1 aromatic carbocycles. The second kappa shape index (κ2) is 11.9. The molecule has 0 saturated carbocycles. The summed E-state index contributed by atoms with van der Waals surface area (Å²) in [5, 5.41) is 0. The maximum Gasteiger partial charge on any atom is 0.240 e. The number of nitrogens with one attached hydrogen (secondary N) is 1. The standard InChI is InChI=1S/C19H32ClNO2S/c1-3-4-5-6-7-8-9-10-11-18(16-20)21-24(22,23)19-14-12-17(2)13-15-19/h12-15,18,21H,3-11,16H2,1-2H3. The Kier molecular flexibility index (Phi) is 10.6. The quantitative estimate of drug-likeness (QED) is 0.371. The molecule has 1 aromatic rings. The molecule has 138 valence electrons. The number of halogens is 1. The first-order valence-electron chi connectivity index (χ1n) is 9.14. The smallest absolute Gasteiger partial charge is 0.207 e. The third kappa shape index (κ3) is 8.50. The zero-order valence-corrected chi connectivity index (χ0v) is 16.6. The van der Waals surface area contributed by atoms with Gasteiger partial charge >= 0.3 is 0 Å². The van der Waals surface area contributed by atoms with Crippen molar-refractivity contribution in [1.82, 2.24) is 4.72 Å². The van der Waals surface area contributed by atoms with Crippen molar-refractivity contribution in [3.8, 4) is 0 Å². The van der Waals surface area contributed by atoms with E-state index in [9.17, 15) is 8.42 Å². The van der Waals surface area contributed by atoms with E-state index in [-0.39, 0.29) is 6.04 Å². The fourth-order valence-electron chi connectivity index (χ4n) is 2.70. The van der Waals surface area contributed by atoms with E-state index in [0.29, 0.717) is 10.8 Å². The number of aryl methyl sites for hydroxylation is 1. The van der Waals surface area contributed by atoms with Crippen LogP contribution in [-0.2, 0) is 10.0 Å². The average Bonchev–Trinajstić information content (AvgIpc) is 2.56. The van der Waals surface area contributed by atoms with E-state index in [1.807, 2.05) is 19.1 Å². The summed E-state index contributed by atoms with van der Waals surface area (Å²) in [6.45, 7) is 4.16. The van der Waals surface area contributed by atoms with Gasteiger partial charge in [0, 0.05) is 11.9 Å². The van der Waals surface area contributed by atoms with E-state index in [1.54, 1.807) is 12.1 Å². The zero-order chi connectivity index (χ0) is 17.8. The third-order valence-corrected chi connectivity index (χ3v) is 6.15. The number of sulfonamides is 1. The molecule has 0 fully saturated rings. The predicted molar refractivity (Wildman–Crippen MR) is 103 cm³/mol. The summed E-state index contributed by atoms with van der Waals surface area (Å²) in [6.07, 6.45) is 10.7. The lowest BCUT2D eigenvalue weighted by atomic mass is 10.1. The van der Waals surface area contributed by atoms with Gasteiger partial charge in [0.15, 0.2) is 0 Å². The highest BCUT2D eigenvalue weighted by molar-refractivity contribution is 7.89. The van der Waals surface area contributed by atoms with Crippen LogP contribution >= 0.6 is 11.6 Å². The number of unbranched alkanes of at least 4 members (excludes halogenated alkanes) is 7. The van der Waals surface area contributed by atoms with Gasteiger partial charge in [-0.15, -0.1) is 11.6 Å². The van der Waals surface area contributed by atoms with Gasteiger partial charge in [-0.25, -0.2) is 13.1 Å². The van der Waals surface area contributed by atoms with Gasteiger partial charge in [0.25, 0.3) is 0 Å². The largest absolute Gasteiger partial charge is 0.240 e. The first-order valence-corrected chi connectivity index (χ1v) is 11.2. The highest BCUT2D eigenvalue weighted by Crippen LogP contribution is 2.14. The molecule has 3 nitrogen and oxygen atoms in total. The van der Waals surface area contributed by atoms with E-state index < -0.39 is 10.0 Å². The Morgan fingerprint density at radius 1 is 0.958 bits per heavy atom. The molecule has 0 aliphatic heterocycles. The molecule has 1 atom stereocenters. The van der Waals surface area contributed by atoms with Crippen LogP contribution in [0.5, 0.6) is 0 Å². The van der Waals surface area contributed by atoms with E-state index >= 15 is 0 Å². The van der Waals surface area contributed by atoms with Crippen molar-refractivity contribution in [2.75, 3.05) is 5.88 Å². The minimum Gasteiger partial charge on any atom is -0.207 e. The van der Waals surface area contributed by atoms with Crippen molar-refractivity contribution in [1.29, 1.82) is 0 Å². The highest BCUT2D eigenvalue weighted by atomic mass is 35.5. The summed E-state index contributed by atoms with van der Waals surface area (Å²) >= 11 is 5.96. The molecule has 0 bridgehead atoms. The maximum absolute atomic E-state index is 12.4. The molecule has 0 aliphatic carbocycles. The van der Waals surface area contributed by atoms with Crippen molar-refractivity contribution in [3.63, 3.8) is 0 Å². The topological polar surface area (TPSA) is 46.2 Å². The summed E-state index contributed by atoms with van der Waals surface area (Å²) in [4.78, 5) is 0.305. The van der Waals surface area contributed by atoms with E-state index in [4.69, 9.17) is 11.6 Å². The van der Waals surface area contributed by atoms with Crippen LogP contribution in [0.25, 0.3) is 0 Å². The van der Waals surface area contributed by atoms with Crippen LogP contribution in [0.2, 0.25) is 0 Å². The molecule has 0 saturated heterocycles. The molecule has 24 heavy (non-hydrogen) atoms. The van der Waals surface area contributed by atoms with E-state index in [2.05, 4.69) is 11.6 Å². The Morgan fingerprint density at radius 3 is 2.04 bits per heavy atom. The lowest BCUT2D eigenvalue weighted by Gasteiger charge is -2.16. The Bertz CT molecular complexity index is 543. The van der Waals surface area contributed by atoms with Gasteiger partial charge in [0.2, 0.25) is 10.0 Å². The first kappa shape index (κ1) is 21.5. The predicted octanol–water partition coefficient (Wildman–Crippen LogP) is 5.41. The number of benzene rings is 1. The molecule has 1 N–H and O–H groups in total. The molecule has 0 spiro atoms. The third-order valence-electron chi connectivity index (χ3n) is 4.25. The average molecular weight is 374 g/mol. The Hall–Kier alpha value is -0.580. The van der Waals surface area contributed by atoms with Gasteiger partial charge in [-0.05, 0) is 25.5 Å². The second-order valence-electron chi connectivity index (χ2n) is 6.55. The molecule has 0 aromatic heterocycles. The Balaban J connectivity index is 2.32. The monoisotopic (exact) mass is 373 g/mol. The number of hydrogen-bond acceptors (Lipinski definition) is 2. The Labute approximate surface area is 153 Å². The number of rotatable bonds is 13. The van der Waals surface area contributed by atoms with Crippen molar-refractivity contribution < 1.29 is 8.42 Å². The van der Waals surface area contributed by atoms with E-state index in [0.717, 1.165) is 24.8 Å². The molecule has 1 rings (SSSR count). The molecular weight excluding hydrogens is 342 g/mol. The van der Waals surface area contributed by atoms with Crippen LogP contribution in [0.4, 0.5) is 0 Å². The van der Waals surface area contributed by atoms with Crippen LogP contribution in [-0.4, -0.2) is 20.3 Å². The number of hydrogen-bond donors (Lipinski definition) is 1. The van der Waals surface area contributed by atoms with Crippen molar-refractivity contribution in [2.45, 2.75) is 82.6 Å². The summed E-state index contributed by atoms with van der Waals surface area (Å²) in [5.74, 6) is 0.307. The second-order valence-corrected chi connectivity index (χ2v) is 8.57. The lowest BCUT2D eigenvalue weighted by Crippen LogP contribution is -2.36. The SMILES string of the molecule is CCCCCCCCCCC(CCl)NS(=O)(=O)c1ccc(C)cc1. The summed E-state index contributed by atoms with van der Waals surface area (Å²) < 4.78 is 27.5.